The molecule has 0 N–H and O–H groups in total. The van der Waals surface area contributed by atoms with E-state index in [1.807, 2.05) is 22.4 Å². The Morgan fingerprint density at radius 3 is 2.38 bits per heavy atom. The third-order valence-corrected chi connectivity index (χ3v) is 6.94. The highest BCUT2D eigenvalue weighted by Gasteiger charge is 2.38. The summed E-state index contributed by atoms with van der Waals surface area (Å²) in [4.78, 5) is 37.0. The number of carbonyl (C=O) groups excluding carboxylic acids is 2. The fourth-order valence-electron chi connectivity index (χ4n) is 4.02. The Bertz CT molecular complexity index is 1120. The smallest absolute Gasteiger partial charge is 0.282 e. The summed E-state index contributed by atoms with van der Waals surface area (Å²) in [7, 11) is 0. The lowest BCUT2D eigenvalue weighted by atomic mass is 10.0. The number of carbonyl (C=O) groups is 2. The van der Waals surface area contributed by atoms with Crippen molar-refractivity contribution in [3.63, 3.8) is 0 Å². The summed E-state index contributed by atoms with van der Waals surface area (Å²) in [6.07, 6.45) is 1.66. The molecule has 32 heavy (non-hydrogen) atoms. The molecule has 4 heterocycles. The molecule has 0 bridgehead atoms. The number of benzene rings is 1. The summed E-state index contributed by atoms with van der Waals surface area (Å²) in [6, 6.07) is 7.47. The first-order chi connectivity index (χ1) is 15.5. The van der Waals surface area contributed by atoms with Gasteiger partial charge in [-0.25, -0.2) is 4.98 Å². The molecule has 2 aliphatic rings. The van der Waals surface area contributed by atoms with Crippen LogP contribution in [0.5, 0.6) is 0 Å². The molecule has 0 saturated carbocycles. The fourth-order valence-corrected chi connectivity index (χ4v) is 4.75. The van der Waals surface area contributed by atoms with Gasteiger partial charge in [0.25, 0.3) is 11.8 Å². The molecule has 0 spiro atoms. The van der Waals surface area contributed by atoms with Gasteiger partial charge >= 0.3 is 0 Å². The van der Waals surface area contributed by atoms with Crippen molar-refractivity contribution >= 4 is 34.8 Å². The van der Waals surface area contributed by atoms with E-state index in [9.17, 15) is 9.59 Å². The van der Waals surface area contributed by atoms with Gasteiger partial charge in [-0.05, 0) is 31.2 Å². The second kappa shape index (κ2) is 8.61. The van der Waals surface area contributed by atoms with E-state index in [1.165, 1.54) is 16.1 Å². The van der Waals surface area contributed by atoms with Crippen LogP contribution < -0.4 is 0 Å². The van der Waals surface area contributed by atoms with E-state index in [4.69, 9.17) is 11.6 Å². The number of thiazole rings is 1. The molecule has 2 saturated heterocycles. The third kappa shape index (κ3) is 4.01. The van der Waals surface area contributed by atoms with Crippen LogP contribution in [0.3, 0.4) is 0 Å². The Kier molecular flexibility index (Phi) is 5.66. The van der Waals surface area contributed by atoms with Crippen molar-refractivity contribution in [2.75, 3.05) is 39.3 Å². The van der Waals surface area contributed by atoms with Gasteiger partial charge in [0, 0.05) is 61.9 Å². The zero-order chi connectivity index (χ0) is 22.2. The van der Waals surface area contributed by atoms with Gasteiger partial charge in [0.1, 0.15) is 0 Å². The molecule has 1 aromatic carbocycles. The number of rotatable bonds is 4. The van der Waals surface area contributed by atoms with Crippen LogP contribution >= 0.6 is 22.9 Å². The van der Waals surface area contributed by atoms with Crippen LogP contribution in [0.4, 0.5) is 0 Å². The maximum Gasteiger partial charge on any atom is 0.282 e. The number of hydrogen-bond donors (Lipinski definition) is 0. The standard InChI is InChI=1S/C21H22ClN7O2S/c1-14-18(25-29(24-14)16-4-2-15(22)3-5-16)20(30)28-12-17(13-28)26-7-9-27(10-8-26)21(31)19-23-6-11-32-19/h2-6,11,17H,7-10,12-13H2,1H3. The molecule has 0 atom stereocenters. The van der Waals surface area contributed by atoms with Gasteiger partial charge in [-0.2, -0.15) is 9.90 Å². The molecule has 3 aromatic rings. The summed E-state index contributed by atoms with van der Waals surface area (Å²) in [6.45, 7) is 6.07. The van der Waals surface area contributed by atoms with Crippen LogP contribution in [0.1, 0.15) is 26.0 Å². The molecule has 166 valence electrons. The van der Waals surface area contributed by atoms with Crippen LogP contribution in [0.2, 0.25) is 5.02 Å². The Balaban J connectivity index is 1.15. The van der Waals surface area contributed by atoms with Crippen LogP contribution in [-0.4, -0.2) is 91.8 Å². The lowest BCUT2D eigenvalue weighted by Crippen LogP contribution is -2.64. The van der Waals surface area contributed by atoms with E-state index in [-0.39, 0.29) is 11.8 Å². The summed E-state index contributed by atoms with van der Waals surface area (Å²) in [5.74, 6) is -0.0964. The van der Waals surface area contributed by atoms with Crippen molar-refractivity contribution in [3.05, 3.63) is 57.3 Å². The molecule has 9 nitrogen and oxygen atoms in total. The zero-order valence-corrected chi connectivity index (χ0v) is 19.1. The first-order valence-electron chi connectivity index (χ1n) is 10.4. The average molecular weight is 472 g/mol. The van der Waals surface area contributed by atoms with Crippen molar-refractivity contribution in [2.45, 2.75) is 13.0 Å². The van der Waals surface area contributed by atoms with Gasteiger partial charge in [-0.1, -0.05) is 11.6 Å². The minimum absolute atomic E-state index is 0.00399. The van der Waals surface area contributed by atoms with Crippen LogP contribution in [0, 0.1) is 6.92 Å². The number of halogens is 1. The van der Waals surface area contributed by atoms with Gasteiger partial charge in [-0.15, -0.1) is 16.4 Å². The number of nitrogens with zero attached hydrogens (tertiary/aromatic N) is 7. The maximum absolute atomic E-state index is 13.0. The van der Waals surface area contributed by atoms with Crippen molar-refractivity contribution in [1.82, 2.24) is 34.7 Å². The molecule has 5 rings (SSSR count). The molecule has 2 aromatic heterocycles. The average Bonchev–Trinajstić information content (AvgIpc) is 3.43. The Labute approximate surface area is 194 Å². The minimum atomic E-state index is -0.100. The van der Waals surface area contributed by atoms with Crippen LogP contribution in [-0.2, 0) is 0 Å². The highest BCUT2D eigenvalue weighted by Crippen LogP contribution is 2.21. The molecule has 0 aliphatic carbocycles. The number of piperazine rings is 1. The van der Waals surface area contributed by atoms with Crippen molar-refractivity contribution < 1.29 is 9.59 Å². The highest BCUT2D eigenvalue weighted by molar-refractivity contribution is 7.11. The lowest BCUT2D eigenvalue weighted by molar-refractivity contribution is 0.00817. The number of likely N-dealkylation sites (tertiary alicyclic amines) is 1. The maximum atomic E-state index is 13.0. The van der Waals surface area contributed by atoms with E-state index in [0.29, 0.717) is 53.6 Å². The first-order valence-corrected chi connectivity index (χ1v) is 11.7. The van der Waals surface area contributed by atoms with E-state index in [2.05, 4.69) is 20.1 Å². The van der Waals surface area contributed by atoms with Crippen molar-refractivity contribution in [3.8, 4) is 5.69 Å². The number of amides is 2. The van der Waals surface area contributed by atoms with E-state index < -0.39 is 0 Å². The van der Waals surface area contributed by atoms with Crippen molar-refractivity contribution in [1.29, 1.82) is 0 Å². The van der Waals surface area contributed by atoms with Gasteiger partial charge < -0.3 is 9.80 Å². The molecule has 0 unspecified atom stereocenters. The zero-order valence-electron chi connectivity index (χ0n) is 17.5. The Morgan fingerprint density at radius 1 is 1.00 bits per heavy atom. The predicted octanol–water partition coefficient (Wildman–Crippen LogP) is 1.97. The monoisotopic (exact) mass is 471 g/mol. The first kappa shape index (κ1) is 21.0. The fraction of sp³-hybridized carbons (Fsp3) is 0.381. The lowest BCUT2D eigenvalue weighted by Gasteiger charge is -2.47. The number of hydrogen-bond acceptors (Lipinski definition) is 7. The summed E-state index contributed by atoms with van der Waals surface area (Å²) < 4.78 is 0. The van der Waals surface area contributed by atoms with Gasteiger partial charge in [0.2, 0.25) is 0 Å². The molecular formula is C21H22ClN7O2S. The second-order valence-electron chi connectivity index (χ2n) is 7.93. The molecule has 2 aliphatic heterocycles. The third-order valence-electron chi connectivity index (χ3n) is 5.92. The minimum Gasteiger partial charge on any atom is -0.334 e. The van der Waals surface area contributed by atoms with Crippen LogP contribution in [0.25, 0.3) is 5.69 Å². The van der Waals surface area contributed by atoms with Crippen molar-refractivity contribution in [2.24, 2.45) is 0 Å². The van der Waals surface area contributed by atoms with E-state index in [0.717, 1.165) is 18.8 Å². The SMILES string of the molecule is Cc1nn(-c2ccc(Cl)cc2)nc1C(=O)N1CC(N2CCN(C(=O)c3nccs3)CC2)C1. The Hall–Kier alpha value is -2.82. The molecule has 2 fully saturated rings. The topological polar surface area (TPSA) is 87.5 Å². The number of aryl methyl sites for hydroxylation is 1. The molecular weight excluding hydrogens is 450 g/mol. The predicted molar refractivity (Wildman–Crippen MR) is 120 cm³/mol. The second-order valence-corrected chi connectivity index (χ2v) is 9.26. The van der Waals surface area contributed by atoms with Gasteiger partial charge in [0.15, 0.2) is 10.7 Å². The summed E-state index contributed by atoms with van der Waals surface area (Å²) in [5, 5.41) is 11.8. The van der Waals surface area contributed by atoms with Gasteiger partial charge in [0.05, 0.1) is 11.4 Å². The highest BCUT2D eigenvalue weighted by atomic mass is 35.5. The molecule has 11 heteroatoms. The van der Waals surface area contributed by atoms with E-state index in [1.54, 1.807) is 30.2 Å². The van der Waals surface area contributed by atoms with E-state index >= 15 is 0 Å². The summed E-state index contributed by atoms with van der Waals surface area (Å²) >= 11 is 7.31. The Morgan fingerprint density at radius 2 is 1.72 bits per heavy atom. The number of aromatic nitrogens is 4. The largest absolute Gasteiger partial charge is 0.334 e. The quantitative estimate of drug-likeness (QED) is 0.578. The van der Waals surface area contributed by atoms with Crippen LogP contribution in [0.15, 0.2) is 35.8 Å². The molecule has 2 amide bonds. The summed E-state index contributed by atoms with van der Waals surface area (Å²) in [5.41, 5.74) is 1.73. The molecule has 0 radical (unpaired) electrons. The van der Waals surface area contributed by atoms with Gasteiger partial charge in [-0.3, -0.25) is 14.5 Å². The normalized spacial score (nSPS) is 17.4.